The number of rotatable bonds is 1. The normalized spacial score (nSPS) is 22.4. The van der Waals surface area contributed by atoms with E-state index in [2.05, 4.69) is 49.4 Å². The Morgan fingerprint density at radius 3 is 2.59 bits per heavy atom. The summed E-state index contributed by atoms with van der Waals surface area (Å²) in [4.78, 5) is 0. The van der Waals surface area contributed by atoms with Gasteiger partial charge in [0.2, 0.25) is 0 Å². The van der Waals surface area contributed by atoms with Gasteiger partial charge < -0.3 is 0 Å². The predicted octanol–water partition coefficient (Wildman–Crippen LogP) is 2.80. The van der Waals surface area contributed by atoms with E-state index >= 15 is 0 Å². The Bertz CT molecular complexity index is 530. The Morgan fingerprint density at radius 1 is 1.06 bits per heavy atom. The Hall–Kier alpha value is -1.50. The summed E-state index contributed by atoms with van der Waals surface area (Å²) in [7, 11) is 5.92. The molecule has 0 aromatic heterocycles. The molecule has 3 rings (SSSR count). The fraction of sp³-hybridized carbons (Fsp3) is 0.250. The molecule has 1 aliphatic rings. The SMILES string of the molecule is [B]c1ccc2c(c1)[C@H](c1ccccc1)[C@@H](C)C2. The summed E-state index contributed by atoms with van der Waals surface area (Å²) in [5, 5.41) is 0. The molecule has 82 valence electrons. The van der Waals surface area contributed by atoms with Crippen LogP contribution in [0.15, 0.2) is 48.5 Å². The first-order valence-corrected chi connectivity index (χ1v) is 6.19. The Kier molecular flexibility index (Phi) is 2.55. The maximum absolute atomic E-state index is 5.92. The molecule has 0 unspecified atom stereocenters. The molecule has 0 nitrogen and oxygen atoms in total. The summed E-state index contributed by atoms with van der Waals surface area (Å²) >= 11 is 0. The van der Waals surface area contributed by atoms with Crippen LogP contribution in [-0.4, -0.2) is 7.85 Å². The fourth-order valence-electron chi connectivity index (χ4n) is 3.03. The lowest BCUT2D eigenvalue weighted by atomic mass is 9.84. The van der Waals surface area contributed by atoms with Crippen LogP contribution in [0.3, 0.4) is 0 Å². The average Bonchev–Trinajstić information content (AvgIpc) is 2.65. The Balaban J connectivity index is 2.11. The second-order valence-electron chi connectivity index (χ2n) is 5.03. The van der Waals surface area contributed by atoms with Gasteiger partial charge in [0.1, 0.15) is 7.85 Å². The summed E-state index contributed by atoms with van der Waals surface area (Å²) in [6.45, 7) is 2.33. The second-order valence-corrected chi connectivity index (χ2v) is 5.03. The molecule has 0 bridgehead atoms. The first-order valence-electron chi connectivity index (χ1n) is 6.19. The van der Waals surface area contributed by atoms with Crippen molar-refractivity contribution in [3.05, 3.63) is 65.2 Å². The van der Waals surface area contributed by atoms with Crippen molar-refractivity contribution in [1.29, 1.82) is 0 Å². The van der Waals surface area contributed by atoms with Crippen molar-refractivity contribution in [3.63, 3.8) is 0 Å². The summed E-state index contributed by atoms with van der Waals surface area (Å²) in [5.74, 6) is 1.17. The van der Waals surface area contributed by atoms with Crippen molar-refractivity contribution in [1.82, 2.24) is 0 Å². The molecule has 0 spiro atoms. The Labute approximate surface area is 104 Å². The van der Waals surface area contributed by atoms with E-state index in [9.17, 15) is 0 Å². The molecule has 1 aliphatic carbocycles. The van der Waals surface area contributed by atoms with Gasteiger partial charge in [0.15, 0.2) is 0 Å². The minimum atomic E-state index is 0.509. The smallest absolute Gasteiger partial charge is 0.0964 e. The molecule has 2 aromatic rings. The zero-order valence-corrected chi connectivity index (χ0v) is 10.1. The van der Waals surface area contributed by atoms with Crippen LogP contribution in [0.5, 0.6) is 0 Å². The van der Waals surface area contributed by atoms with E-state index in [1.807, 2.05) is 6.07 Å². The zero-order valence-electron chi connectivity index (χ0n) is 10.1. The highest BCUT2D eigenvalue weighted by atomic mass is 14.3. The first-order chi connectivity index (χ1) is 8.25. The van der Waals surface area contributed by atoms with Gasteiger partial charge in [-0.05, 0) is 29.0 Å². The van der Waals surface area contributed by atoms with Crippen LogP contribution < -0.4 is 5.46 Å². The molecule has 0 fully saturated rings. The third-order valence-electron chi connectivity index (χ3n) is 3.77. The second kappa shape index (κ2) is 4.07. The maximum atomic E-state index is 5.92. The number of hydrogen-bond acceptors (Lipinski definition) is 0. The van der Waals surface area contributed by atoms with Crippen LogP contribution in [0.4, 0.5) is 0 Å². The molecule has 17 heavy (non-hydrogen) atoms. The molecule has 0 N–H and O–H groups in total. The summed E-state index contributed by atoms with van der Waals surface area (Å²) in [5.41, 5.74) is 5.16. The third kappa shape index (κ3) is 1.80. The zero-order chi connectivity index (χ0) is 11.8. The van der Waals surface area contributed by atoms with E-state index in [4.69, 9.17) is 7.85 Å². The van der Waals surface area contributed by atoms with Crippen molar-refractivity contribution < 1.29 is 0 Å². The molecule has 0 heterocycles. The lowest BCUT2D eigenvalue weighted by Crippen LogP contribution is -2.08. The van der Waals surface area contributed by atoms with E-state index in [0.29, 0.717) is 11.8 Å². The van der Waals surface area contributed by atoms with Crippen LogP contribution in [0.25, 0.3) is 0 Å². The van der Waals surface area contributed by atoms with E-state index in [1.165, 1.54) is 16.7 Å². The number of fused-ring (bicyclic) bond motifs is 1. The van der Waals surface area contributed by atoms with Gasteiger partial charge in [-0.3, -0.25) is 0 Å². The van der Waals surface area contributed by atoms with Gasteiger partial charge in [-0.15, -0.1) is 0 Å². The lowest BCUT2D eigenvalue weighted by molar-refractivity contribution is 0.557. The van der Waals surface area contributed by atoms with E-state index in [0.717, 1.165) is 11.9 Å². The quantitative estimate of drug-likeness (QED) is 0.645. The highest BCUT2D eigenvalue weighted by Gasteiger charge is 2.30. The van der Waals surface area contributed by atoms with Gasteiger partial charge in [0.05, 0.1) is 0 Å². The summed E-state index contributed by atoms with van der Waals surface area (Å²) < 4.78 is 0. The van der Waals surface area contributed by atoms with Gasteiger partial charge >= 0.3 is 0 Å². The molecule has 2 atom stereocenters. The van der Waals surface area contributed by atoms with Crippen molar-refractivity contribution in [2.24, 2.45) is 5.92 Å². The molecule has 0 saturated heterocycles. The molecule has 2 radical (unpaired) electrons. The minimum Gasteiger partial charge on any atom is -0.0964 e. The molecule has 2 aromatic carbocycles. The standard InChI is InChI=1S/C16H15B/c1-11-9-13-7-8-14(17)10-15(13)16(11)12-5-3-2-4-6-12/h2-8,10-11,16H,9H2,1H3/t11-,16-/m0/s1. The Morgan fingerprint density at radius 2 is 1.82 bits per heavy atom. The highest BCUT2D eigenvalue weighted by Crippen LogP contribution is 2.41. The predicted molar refractivity (Wildman–Crippen MR) is 73.0 cm³/mol. The number of hydrogen-bond donors (Lipinski definition) is 0. The number of benzene rings is 2. The third-order valence-corrected chi connectivity index (χ3v) is 3.77. The monoisotopic (exact) mass is 218 g/mol. The van der Waals surface area contributed by atoms with Gasteiger partial charge in [0.25, 0.3) is 0 Å². The van der Waals surface area contributed by atoms with Crippen LogP contribution in [0.1, 0.15) is 29.5 Å². The van der Waals surface area contributed by atoms with Crippen molar-refractivity contribution in [2.45, 2.75) is 19.3 Å². The molecule has 0 amide bonds. The topological polar surface area (TPSA) is 0 Å². The van der Waals surface area contributed by atoms with Crippen LogP contribution in [0.2, 0.25) is 0 Å². The summed E-state index contributed by atoms with van der Waals surface area (Å²) in [6.07, 6.45) is 1.16. The van der Waals surface area contributed by atoms with Gasteiger partial charge in [-0.1, -0.05) is 60.9 Å². The van der Waals surface area contributed by atoms with E-state index < -0.39 is 0 Å². The first kappa shape index (κ1) is 10.6. The highest BCUT2D eigenvalue weighted by molar-refractivity contribution is 6.32. The molecular weight excluding hydrogens is 203 g/mol. The van der Waals surface area contributed by atoms with E-state index in [-0.39, 0.29) is 0 Å². The summed E-state index contributed by atoms with van der Waals surface area (Å²) in [6, 6.07) is 17.1. The minimum absolute atomic E-state index is 0.509. The van der Waals surface area contributed by atoms with Crippen molar-refractivity contribution >= 4 is 13.3 Å². The van der Waals surface area contributed by atoms with Crippen LogP contribution in [0, 0.1) is 5.92 Å². The lowest BCUT2D eigenvalue weighted by Gasteiger charge is -2.17. The van der Waals surface area contributed by atoms with Gasteiger partial charge in [-0.25, -0.2) is 0 Å². The van der Waals surface area contributed by atoms with Gasteiger partial charge in [0, 0.05) is 5.92 Å². The van der Waals surface area contributed by atoms with Gasteiger partial charge in [-0.2, -0.15) is 0 Å². The van der Waals surface area contributed by atoms with Crippen molar-refractivity contribution in [2.75, 3.05) is 0 Å². The molecular formula is C16H15B. The fourth-order valence-corrected chi connectivity index (χ4v) is 3.03. The van der Waals surface area contributed by atoms with Crippen LogP contribution in [-0.2, 0) is 6.42 Å². The molecule has 0 aliphatic heterocycles. The molecule has 1 heteroatoms. The van der Waals surface area contributed by atoms with Crippen molar-refractivity contribution in [3.8, 4) is 0 Å². The largest absolute Gasteiger partial charge is 0.113 e. The van der Waals surface area contributed by atoms with Crippen LogP contribution >= 0.6 is 0 Å². The van der Waals surface area contributed by atoms with E-state index in [1.54, 1.807) is 0 Å². The molecule has 0 saturated carbocycles. The average molecular weight is 218 g/mol. The maximum Gasteiger partial charge on any atom is 0.113 e.